The molecule has 2 heterocycles. The average Bonchev–Trinajstić information content (AvgIpc) is 3.24. The van der Waals surface area contributed by atoms with Crippen molar-refractivity contribution in [3.8, 4) is 0 Å². The number of nitrogens with one attached hydrogen (secondary N) is 1. The Labute approximate surface area is 205 Å². The van der Waals surface area contributed by atoms with Crippen LogP contribution in [0.3, 0.4) is 0 Å². The van der Waals surface area contributed by atoms with Crippen LogP contribution in [0.4, 0.5) is 5.69 Å². The third kappa shape index (κ3) is 4.42. The minimum Gasteiger partial charge on any atom is -0.341 e. The first-order chi connectivity index (χ1) is 16.9. The standard InChI is InChI=1S/C28H25N3O3S/c1-20-18-23-10-5-6-13-26(23)31(20)35(33,34)25-12-7-11-24(19-25)28(32)30-27(21-8-3-2-4-9-21)22-14-16-29-17-15-22/h2-17,19-20,27H,18H2,1H3,(H,30,32). The van der Waals surface area contributed by atoms with E-state index >= 15 is 0 Å². The number of rotatable bonds is 6. The van der Waals surface area contributed by atoms with Crippen molar-refractivity contribution in [1.82, 2.24) is 10.3 Å². The highest BCUT2D eigenvalue weighted by Gasteiger charge is 2.36. The third-order valence-corrected chi connectivity index (χ3v) is 8.17. The molecule has 0 bridgehead atoms. The van der Waals surface area contributed by atoms with E-state index in [1.165, 1.54) is 16.4 Å². The van der Waals surface area contributed by atoms with Crippen LogP contribution in [-0.4, -0.2) is 25.4 Å². The molecule has 4 aromatic rings. The van der Waals surface area contributed by atoms with Gasteiger partial charge < -0.3 is 5.32 Å². The molecule has 0 radical (unpaired) electrons. The van der Waals surface area contributed by atoms with Crippen molar-refractivity contribution in [2.75, 3.05) is 4.31 Å². The lowest BCUT2D eigenvalue weighted by Crippen LogP contribution is -2.36. The largest absolute Gasteiger partial charge is 0.341 e. The number of para-hydroxylation sites is 1. The van der Waals surface area contributed by atoms with Crippen LogP contribution in [0.2, 0.25) is 0 Å². The van der Waals surface area contributed by atoms with Crippen molar-refractivity contribution in [3.63, 3.8) is 0 Å². The Kier molecular flexibility index (Phi) is 6.09. The second-order valence-electron chi connectivity index (χ2n) is 8.61. The lowest BCUT2D eigenvalue weighted by Gasteiger charge is -2.25. The summed E-state index contributed by atoms with van der Waals surface area (Å²) in [5.74, 6) is -0.359. The quantitative estimate of drug-likeness (QED) is 0.430. The van der Waals surface area contributed by atoms with Crippen molar-refractivity contribution < 1.29 is 13.2 Å². The van der Waals surface area contributed by atoms with E-state index in [-0.39, 0.29) is 22.4 Å². The van der Waals surface area contributed by atoms with Crippen molar-refractivity contribution in [3.05, 3.63) is 126 Å². The van der Waals surface area contributed by atoms with Crippen LogP contribution in [-0.2, 0) is 16.4 Å². The predicted molar refractivity (Wildman–Crippen MR) is 136 cm³/mol. The van der Waals surface area contributed by atoms with Crippen molar-refractivity contribution in [2.24, 2.45) is 0 Å². The number of carbonyl (C=O) groups excluding carboxylic acids is 1. The maximum Gasteiger partial charge on any atom is 0.264 e. The minimum atomic E-state index is -3.85. The van der Waals surface area contributed by atoms with E-state index in [1.54, 1.807) is 24.5 Å². The van der Waals surface area contributed by atoms with E-state index in [2.05, 4.69) is 10.3 Å². The molecule has 0 aliphatic carbocycles. The van der Waals surface area contributed by atoms with Gasteiger partial charge in [0.15, 0.2) is 0 Å². The van der Waals surface area contributed by atoms with Gasteiger partial charge in [0.05, 0.1) is 16.6 Å². The number of sulfonamides is 1. The molecule has 5 rings (SSSR count). The molecule has 2 atom stereocenters. The van der Waals surface area contributed by atoms with Gasteiger partial charge >= 0.3 is 0 Å². The second-order valence-corrected chi connectivity index (χ2v) is 10.4. The molecular weight excluding hydrogens is 458 g/mol. The van der Waals surface area contributed by atoms with E-state index in [4.69, 9.17) is 0 Å². The number of carbonyl (C=O) groups is 1. The summed E-state index contributed by atoms with van der Waals surface area (Å²) in [5.41, 5.74) is 3.77. The summed E-state index contributed by atoms with van der Waals surface area (Å²) in [5, 5.41) is 3.06. The Balaban J connectivity index is 1.46. The normalized spacial score (nSPS) is 15.9. The predicted octanol–water partition coefficient (Wildman–Crippen LogP) is 4.74. The van der Waals surface area contributed by atoms with Crippen LogP contribution in [0.25, 0.3) is 0 Å². The molecule has 1 aliphatic rings. The molecule has 1 aromatic heterocycles. The lowest BCUT2D eigenvalue weighted by atomic mass is 9.99. The fourth-order valence-electron chi connectivity index (χ4n) is 4.59. The van der Waals surface area contributed by atoms with Crippen LogP contribution in [0.15, 0.2) is 108 Å². The fourth-order valence-corrected chi connectivity index (χ4v) is 6.33. The van der Waals surface area contributed by atoms with Gasteiger partial charge in [-0.15, -0.1) is 0 Å². The molecule has 1 aliphatic heterocycles. The van der Waals surface area contributed by atoms with Gasteiger partial charge in [-0.05, 0) is 66.4 Å². The number of fused-ring (bicyclic) bond motifs is 1. The molecule has 0 saturated carbocycles. The summed E-state index contributed by atoms with van der Waals surface area (Å²) in [6, 6.07) is 26.5. The summed E-state index contributed by atoms with van der Waals surface area (Å²) >= 11 is 0. The summed E-state index contributed by atoms with van der Waals surface area (Å²) in [4.78, 5) is 17.5. The molecule has 6 nitrogen and oxygen atoms in total. The zero-order chi connectivity index (χ0) is 24.4. The Morgan fingerprint density at radius 1 is 0.914 bits per heavy atom. The van der Waals surface area contributed by atoms with Crippen molar-refractivity contribution >= 4 is 21.6 Å². The highest BCUT2D eigenvalue weighted by Crippen LogP contribution is 2.36. The first-order valence-electron chi connectivity index (χ1n) is 11.4. The summed E-state index contributed by atoms with van der Waals surface area (Å²) in [6.45, 7) is 1.90. The zero-order valence-corrected chi connectivity index (χ0v) is 20.0. The summed E-state index contributed by atoms with van der Waals surface area (Å²) in [7, 11) is -3.85. The van der Waals surface area contributed by atoms with Crippen LogP contribution in [0.5, 0.6) is 0 Å². The van der Waals surface area contributed by atoms with E-state index in [1.807, 2.05) is 73.7 Å². The average molecular weight is 484 g/mol. The maximum absolute atomic E-state index is 13.6. The van der Waals surface area contributed by atoms with Gasteiger partial charge in [-0.1, -0.05) is 54.6 Å². The van der Waals surface area contributed by atoms with Gasteiger partial charge in [-0.25, -0.2) is 8.42 Å². The maximum atomic E-state index is 13.6. The zero-order valence-electron chi connectivity index (χ0n) is 19.2. The number of nitrogens with zero attached hydrogens (tertiary/aromatic N) is 2. The molecule has 35 heavy (non-hydrogen) atoms. The van der Waals surface area contributed by atoms with Gasteiger partial charge in [-0.3, -0.25) is 14.1 Å². The fraction of sp³-hybridized carbons (Fsp3) is 0.143. The second kappa shape index (κ2) is 9.35. The number of hydrogen-bond donors (Lipinski definition) is 1. The molecule has 2 unspecified atom stereocenters. The number of amides is 1. The van der Waals surface area contributed by atoms with E-state index < -0.39 is 16.1 Å². The molecular formula is C28H25N3O3S. The smallest absolute Gasteiger partial charge is 0.264 e. The topological polar surface area (TPSA) is 79.4 Å². The van der Waals surface area contributed by atoms with Crippen LogP contribution >= 0.6 is 0 Å². The van der Waals surface area contributed by atoms with Crippen LogP contribution in [0, 0.1) is 0 Å². The van der Waals surface area contributed by atoms with E-state index in [9.17, 15) is 13.2 Å². The molecule has 1 N–H and O–H groups in total. The van der Waals surface area contributed by atoms with Crippen LogP contribution in [0.1, 0.15) is 40.0 Å². The highest BCUT2D eigenvalue weighted by atomic mass is 32.2. The monoisotopic (exact) mass is 483 g/mol. The Hall–Kier alpha value is -3.97. The van der Waals surface area contributed by atoms with Crippen molar-refractivity contribution in [1.29, 1.82) is 0 Å². The summed E-state index contributed by atoms with van der Waals surface area (Å²) < 4.78 is 28.7. The molecule has 1 amide bonds. The first-order valence-corrected chi connectivity index (χ1v) is 12.9. The minimum absolute atomic E-state index is 0.0916. The number of anilines is 1. The van der Waals surface area contributed by atoms with Gasteiger partial charge in [0, 0.05) is 24.0 Å². The number of hydrogen-bond acceptors (Lipinski definition) is 4. The Bertz CT molecular complexity index is 1420. The van der Waals surface area contributed by atoms with E-state index in [0.29, 0.717) is 12.1 Å². The molecule has 0 spiro atoms. The number of aromatic nitrogens is 1. The lowest BCUT2D eigenvalue weighted by molar-refractivity contribution is 0.0942. The van der Waals surface area contributed by atoms with Crippen LogP contribution < -0.4 is 9.62 Å². The first kappa shape index (κ1) is 22.8. The number of pyridine rings is 1. The van der Waals surface area contributed by atoms with Gasteiger partial charge in [0.1, 0.15) is 0 Å². The molecule has 176 valence electrons. The Morgan fingerprint density at radius 2 is 1.60 bits per heavy atom. The molecule has 0 saturated heterocycles. The van der Waals surface area contributed by atoms with E-state index in [0.717, 1.165) is 16.7 Å². The highest BCUT2D eigenvalue weighted by molar-refractivity contribution is 7.92. The van der Waals surface area contributed by atoms with Crippen molar-refractivity contribution in [2.45, 2.75) is 30.3 Å². The number of benzene rings is 3. The summed E-state index contributed by atoms with van der Waals surface area (Å²) in [6.07, 6.45) is 4.01. The van der Waals surface area contributed by atoms with Gasteiger partial charge in [0.2, 0.25) is 0 Å². The molecule has 3 aromatic carbocycles. The van der Waals surface area contributed by atoms with Gasteiger partial charge in [0.25, 0.3) is 15.9 Å². The molecule has 7 heteroatoms. The molecule has 0 fully saturated rings. The SMILES string of the molecule is CC1Cc2ccccc2N1S(=O)(=O)c1cccc(C(=O)NC(c2ccccc2)c2ccncc2)c1. The Morgan fingerprint density at radius 3 is 2.37 bits per heavy atom. The van der Waals surface area contributed by atoms with Gasteiger partial charge in [-0.2, -0.15) is 0 Å². The third-order valence-electron chi connectivity index (χ3n) is 6.25.